The third-order valence-corrected chi connectivity index (χ3v) is 3.89. The molecule has 1 aliphatic carbocycles. The summed E-state index contributed by atoms with van der Waals surface area (Å²) in [6.45, 7) is 7.76. The van der Waals surface area contributed by atoms with Crippen molar-refractivity contribution in [2.24, 2.45) is 11.3 Å². The molecule has 1 fully saturated rings. The molecule has 0 bridgehead atoms. The van der Waals surface area contributed by atoms with E-state index in [9.17, 15) is 4.79 Å². The molecule has 0 aromatic rings. The molecule has 1 aliphatic rings. The van der Waals surface area contributed by atoms with Crippen LogP contribution in [0, 0.1) is 22.7 Å². The summed E-state index contributed by atoms with van der Waals surface area (Å²) >= 11 is 0. The van der Waals surface area contributed by atoms with Gasteiger partial charge in [-0.05, 0) is 46.5 Å². The zero-order valence-electron chi connectivity index (χ0n) is 11.4. The summed E-state index contributed by atoms with van der Waals surface area (Å²) < 4.78 is 5.68. The van der Waals surface area contributed by atoms with Gasteiger partial charge in [-0.2, -0.15) is 5.26 Å². The van der Waals surface area contributed by atoms with Crippen LogP contribution in [0.3, 0.4) is 0 Å². The van der Waals surface area contributed by atoms with Crippen LogP contribution in [0.15, 0.2) is 0 Å². The highest BCUT2D eigenvalue weighted by Gasteiger charge is 2.39. The van der Waals surface area contributed by atoms with Crippen LogP contribution in [-0.2, 0) is 9.53 Å². The van der Waals surface area contributed by atoms with Crippen LogP contribution in [0.25, 0.3) is 0 Å². The lowest BCUT2D eigenvalue weighted by Gasteiger charge is -2.37. The van der Waals surface area contributed by atoms with Gasteiger partial charge in [0.2, 0.25) is 0 Å². The Balaban J connectivity index is 2.67. The SMILES string of the molecule is CCC(C)(C)C(=O)OC1(C)CCCC(C#N)C1. The summed E-state index contributed by atoms with van der Waals surface area (Å²) in [7, 11) is 0. The Morgan fingerprint density at radius 2 is 2.24 bits per heavy atom. The molecule has 0 heterocycles. The Morgan fingerprint density at radius 3 is 2.76 bits per heavy atom. The molecule has 1 rings (SSSR count). The summed E-state index contributed by atoms with van der Waals surface area (Å²) in [5, 5.41) is 8.97. The highest BCUT2D eigenvalue weighted by molar-refractivity contribution is 5.76. The Bertz CT molecular complexity index is 330. The Labute approximate surface area is 104 Å². The van der Waals surface area contributed by atoms with Crippen molar-refractivity contribution in [1.29, 1.82) is 5.26 Å². The normalized spacial score (nSPS) is 29.5. The van der Waals surface area contributed by atoms with Crippen molar-refractivity contribution in [3.05, 3.63) is 0 Å². The molecule has 0 aliphatic heterocycles. The number of hydrogen-bond donors (Lipinski definition) is 0. The van der Waals surface area contributed by atoms with Crippen LogP contribution in [0.5, 0.6) is 0 Å². The first-order valence-electron chi connectivity index (χ1n) is 6.46. The van der Waals surface area contributed by atoms with Gasteiger partial charge in [0.15, 0.2) is 0 Å². The van der Waals surface area contributed by atoms with E-state index in [4.69, 9.17) is 10.00 Å². The standard InChI is InChI=1S/C14H23NO2/c1-5-13(2,3)12(16)17-14(4)8-6-7-11(9-14)10-15/h11H,5-9H2,1-4H3. The van der Waals surface area contributed by atoms with Crippen molar-refractivity contribution in [2.45, 2.75) is 65.4 Å². The Hall–Kier alpha value is -1.04. The first-order valence-corrected chi connectivity index (χ1v) is 6.46. The topological polar surface area (TPSA) is 50.1 Å². The van der Waals surface area contributed by atoms with Gasteiger partial charge in [0.25, 0.3) is 0 Å². The summed E-state index contributed by atoms with van der Waals surface area (Å²) in [4.78, 5) is 12.1. The summed E-state index contributed by atoms with van der Waals surface area (Å²) in [6, 6.07) is 2.29. The second-order valence-corrected chi connectivity index (χ2v) is 6.00. The van der Waals surface area contributed by atoms with Crippen LogP contribution >= 0.6 is 0 Å². The molecule has 96 valence electrons. The lowest BCUT2D eigenvalue weighted by atomic mass is 9.79. The fourth-order valence-corrected chi connectivity index (χ4v) is 2.16. The number of rotatable bonds is 3. The zero-order chi connectivity index (χ0) is 13.1. The van der Waals surface area contributed by atoms with Gasteiger partial charge in [-0.25, -0.2) is 0 Å². The maximum atomic E-state index is 12.1. The molecule has 0 saturated heterocycles. The summed E-state index contributed by atoms with van der Waals surface area (Å²) in [6.07, 6.45) is 4.21. The van der Waals surface area contributed by atoms with Gasteiger partial charge in [0, 0.05) is 6.42 Å². The number of nitriles is 1. The van der Waals surface area contributed by atoms with E-state index >= 15 is 0 Å². The van der Waals surface area contributed by atoms with Crippen LogP contribution in [-0.4, -0.2) is 11.6 Å². The number of carbonyl (C=O) groups is 1. The first kappa shape index (κ1) is 14.0. The molecule has 0 amide bonds. The molecule has 0 aromatic carbocycles. The minimum absolute atomic E-state index is 0.0336. The third-order valence-electron chi connectivity index (χ3n) is 3.89. The number of esters is 1. The lowest BCUT2D eigenvalue weighted by Crippen LogP contribution is -2.40. The largest absolute Gasteiger partial charge is 0.459 e. The molecule has 0 radical (unpaired) electrons. The molecule has 0 aromatic heterocycles. The van der Waals surface area contributed by atoms with E-state index in [1.165, 1.54) is 0 Å². The van der Waals surface area contributed by atoms with E-state index in [2.05, 4.69) is 6.07 Å². The fourth-order valence-electron chi connectivity index (χ4n) is 2.16. The van der Waals surface area contributed by atoms with Gasteiger partial charge in [-0.1, -0.05) is 6.92 Å². The molecule has 0 spiro atoms. The minimum Gasteiger partial charge on any atom is -0.459 e. The molecule has 1 saturated carbocycles. The average molecular weight is 237 g/mol. The van der Waals surface area contributed by atoms with Crippen LogP contribution < -0.4 is 0 Å². The molecule has 0 N–H and O–H groups in total. The number of hydrogen-bond acceptors (Lipinski definition) is 3. The van der Waals surface area contributed by atoms with Gasteiger partial charge in [-0.15, -0.1) is 0 Å². The maximum Gasteiger partial charge on any atom is 0.312 e. The van der Waals surface area contributed by atoms with Crippen LogP contribution in [0.4, 0.5) is 0 Å². The van der Waals surface area contributed by atoms with Gasteiger partial charge in [0.05, 0.1) is 17.4 Å². The highest BCUT2D eigenvalue weighted by atomic mass is 16.6. The molecular weight excluding hydrogens is 214 g/mol. The molecule has 2 atom stereocenters. The second-order valence-electron chi connectivity index (χ2n) is 6.00. The average Bonchev–Trinajstić information content (AvgIpc) is 2.28. The smallest absolute Gasteiger partial charge is 0.312 e. The van der Waals surface area contributed by atoms with E-state index in [-0.39, 0.29) is 11.9 Å². The van der Waals surface area contributed by atoms with E-state index in [1.54, 1.807) is 0 Å². The highest BCUT2D eigenvalue weighted by Crippen LogP contribution is 2.36. The lowest BCUT2D eigenvalue weighted by molar-refractivity contribution is -0.173. The molecular formula is C14H23NO2. The first-order chi connectivity index (χ1) is 7.83. The Morgan fingerprint density at radius 1 is 1.59 bits per heavy atom. The van der Waals surface area contributed by atoms with Gasteiger partial charge >= 0.3 is 5.97 Å². The fraction of sp³-hybridized carbons (Fsp3) is 0.857. The van der Waals surface area contributed by atoms with E-state index in [1.807, 2.05) is 27.7 Å². The van der Waals surface area contributed by atoms with Crippen molar-refractivity contribution in [1.82, 2.24) is 0 Å². The van der Waals surface area contributed by atoms with Crippen LogP contribution in [0.2, 0.25) is 0 Å². The van der Waals surface area contributed by atoms with Crippen molar-refractivity contribution in [2.75, 3.05) is 0 Å². The number of nitrogens with zero attached hydrogens (tertiary/aromatic N) is 1. The number of carbonyl (C=O) groups excluding carboxylic acids is 1. The van der Waals surface area contributed by atoms with E-state index < -0.39 is 11.0 Å². The third kappa shape index (κ3) is 3.46. The van der Waals surface area contributed by atoms with E-state index in [0.29, 0.717) is 6.42 Å². The monoisotopic (exact) mass is 237 g/mol. The van der Waals surface area contributed by atoms with Crippen molar-refractivity contribution in [3.63, 3.8) is 0 Å². The number of ether oxygens (including phenoxy) is 1. The maximum absolute atomic E-state index is 12.1. The molecule has 3 heteroatoms. The van der Waals surface area contributed by atoms with Gasteiger partial charge in [-0.3, -0.25) is 4.79 Å². The zero-order valence-corrected chi connectivity index (χ0v) is 11.4. The van der Waals surface area contributed by atoms with Gasteiger partial charge in [0.1, 0.15) is 5.60 Å². The summed E-state index contributed by atoms with van der Waals surface area (Å²) in [5.74, 6) is -0.104. The van der Waals surface area contributed by atoms with Gasteiger partial charge < -0.3 is 4.74 Å². The predicted molar refractivity (Wildman–Crippen MR) is 66.1 cm³/mol. The van der Waals surface area contributed by atoms with Crippen LogP contribution in [0.1, 0.15) is 59.8 Å². The minimum atomic E-state index is -0.442. The predicted octanol–water partition coefficient (Wildman–Crippen LogP) is 3.44. The van der Waals surface area contributed by atoms with Crippen molar-refractivity contribution >= 4 is 5.97 Å². The second kappa shape index (κ2) is 5.08. The molecule has 2 unspecified atom stereocenters. The van der Waals surface area contributed by atoms with Crippen molar-refractivity contribution < 1.29 is 9.53 Å². The summed E-state index contributed by atoms with van der Waals surface area (Å²) in [5.41, 5.74) is -0.870. The molecule has 3 nitrogen and oxygen atoms in total. The van der Waals surface area contributed by atoms with Crippen molar-refractivity contribution in [3.8, 4) is 6.07 Å². The Kier molecular flexibility index (Phi) is 4.19. The van der Waals surface area contributed by atoms with E-state index in [0.717, 1.165) is 25.7 Å². The quantitative estimate of drug-likeness (QED) is 0.706. The molecule has 17 heavy (non-hydrogen) atoms.